The Hall–Kier alpha value is -0.900. The van der Waals surface area contributed by atoms with E-state index in [1.165, 1.54) is 23.7 Å². The van der Waals surface area contributed by atoms with Gasteiger partial charge in [-0.05, 0) is 17.5 Å². The van der Waals surface area contributed by atoms with Gasteiger partial charge in [0.1, 0.15) is 0 Å². The summed E-state index contributed by atoms with van der Waals surface area (Å²) in [4.78, 5) is 16.3. The lowest BCUT2D eigenvalue weighted by Gasteiger charge is -2.00. The van der Waals surface area contributed by atoms with Crippen LogP contribution in [0.1, 0.15) is 15.2 Å². The number of carbonyl (C=O) groups excluding carboxylic acids is 1. The maximum atomic E-state index is 12.0. The van der Waals surface area contributed by atoms with E-state index in [1.54, 1.807) is 17.5 Å². The molecule has 0 aromatic carbocycles. The Bertz CT molecular complexity index is 510. The lowest BCUT2D eigenvalue weighted by atomic mass is 10.1. The summed E-state index contributed by atoms with van der Waals surface area (Å²) in [6, 6.07) is 3.27. The van der Waals surface area contributed by atoms with Gasteiger partial charge in [0.15, 0.2) is 0 Å². The fourth-order valence-corrected chi connectivity index (χ4v) is 2.44. The molecule has 76 valence electrons. The number of halogens is 2. The molecule has 5 heteroatoms. The van der Waals surface area contributed by atoms with Crippen molar-refractivity contribution in [3.8, 4) is 0 Å². The molecule has 0 aliphatic rings. The van der Waals surface area contributed by atoms with Gasteiger partial charge < -0.3 is 0 Å². The van der Waals surface area contributed by atoms with Crippen molar-refractivity contribution in [3.05, 3.63) is 50.4 Å². The van der Waals surface area contributed by atoms with Crippen LogP contribution in [0, 0.1) is 0 Å². The van der Waals surface area contributed by atoms with Gasteiger partial charge in [0, 0.05) is 18.0 Å². The van der Waals surface area contributed by atoms with Crippen molar-refractivity contribution in [1.82, 2.24) is 4.98 Å². The summed E-state index contributed by atoms with van der Waals surface area (Å²) in [5.41, 5.74) is 0.427. The molecule has 2 nitrogen and oxygen atoms in total. The van der Waals surface area contributed by atoms with E-state index in [9.17, 15) is 4.79 Å². The molecule has 0 unspecified atom stereocenters. The van der Waals surface area contributed by atoms with Crippen LogP contribution in [0.15, 0.2) is 29.9 Å². The van der Waals surface area contributed by atoms with Crippen LogP contribution in [0.2, 0.25) is 10.0 Å². The van der Waals surface area contributed by atoms with E-state index in [0.29, 0.717) is 20.5 Å². The third-order valence-corrected chi connectivity index (χ3v) is 3.48. The van der Waals surface area contributed by atoms with Crippen molar-refractivity contribution in [2.24, 2.45) is 0 Å². The molecule has 2 aromatic rings. The molecule has 15 heavy (non-hydrogen) atoms. The van der Waals surface area contributed by atoms with Crippen molar-refractivity contribution in [2.75, 3.05) is 0 Å². The van der Waals surface area contributed by atoms with Crippen LogP contribution in [0.5, 0.6) is 0 Å². The van der Waals surface area contributed by atoms with Crippen molar-refractivity contribution in [2.45, 2.75) is 0 Å². The van der Waals surface area contributed by atoms with Crippen LogP contribution in [0.3, 0.4) is 0 Å². The molecule has 0 saturated heterocycles. The minimum Gasteiger partial charge on any atom is -0.288 e. The maximum absolute atomic E-state index is 12.0. The number of hydrogen-bond acceptors (Lipinski definition) is 3. The molecule has 0 aliphatic heterocycles. The molecule has 0 spiro atoms. The van der Waals surface area contributed by atoms with Crippen LogP contribution >= 0.6 is 34.5 Å². The average Bonchev–Trinajstić information content (AvgIpc) is 2.64. The Kier molecular flexibility index (Phi) is 3.05. The number of ketones is 1. The maximum Gasteiger partial charge on any atom is 0.206 e. The molecular formula is C10H5Cl2NOS. The lowest BCUT2D eigenvalue weighted by molar-refractivity contribution is 0.104. The van der Waals surface area contributed by atoms with Gasteiger partial charge in [-0.2, -0.15) is 0 Å². The van der Waals surface area contributed by atoms with Crippen LogP contribution < -0.4 is 0 Å². The van der Waals surface area contributed by atoms with E-state index in [4.69, 9.17) is 23.2 Å². The number of pyridine rings is 1. The quantitative estimate of drug-likeness (QED) is 0.769. The average molecular weight is 258 g/mol. The Morgan fingerprint density at radius 2 is 2.07 bits per heavy atom. The molecule has 0 bridgehead atoms. The predicted octanol–water partition coefficient (Wildman–Crippen LogP) is 3.68. The Morgan fingerprint density at radius 1 is 1.27 bits per heavy atom. The van der Waals surface area contributed by atoms with Gasteiger partial charge in [-0.3, -0.25) is 9.78 Å². The van der Waals surface area contributed by atoms with Gasteiger partial charge in [-0.25, -0.2) is 0 Å². The zero-order valence-corrected chi connectivity index (χ0v) is 9.73. The molecule has 0 atom stereocenters. The molecule has 0 saturated carbocycles. The van der Waals surface area contributed by atoms with Gasteiger partial charge in [-0.1, -0.05) is 23.2 Å². The third-order valence-electron chi connectivity index (χ3n) is 1.84. The van der Waals surface area contributed by atoms with Crippen molar-refractivity contribution in [1.29, 1.82) is 0 Å². The van der Waals surface area contributed by atoms with E-state index in [1.807, 2.05) is 0 Å². The topological polar surface area (TPSA) is 30.0 Å². The number of thiophene rings is 1. The summed E-state index contributed by atoms with van der Waals surface area (Å²) < 4.78 is 0. The number of aromatic nitrogens is 1. The van der Waals surface area contributed by atoms with Gasteiger partial charge in [-0.15, -0.1) is 11.3 Å². The molecule has 2 aromatic heterocycles. The normalized spacial score (nSPS) is 10.3. The van der Waals surface area contributed by atoms with E-state index >= 15 is 0 Å². The fourth-order valence-electron chi connectivity index (χ4n) is 1.14. The first-order chi connectivity index (χ1) is 7.20. The molecule has 0 aliphatic carbocycles. The first kappa shape index (κ1) is 10.6. The summed E-state index contributed by atoms with van der Waals surface area (Å²) in [5.74, 6) is -0.164. The van der Waals surface area contributed by atoms with E-state index in [0.717, 1.165) is 0 Å². The van der Waals surface area contributed by atoms with Gasteiger partial charge in [0.25, 0.3) is 0 Å². The van der Waals surface area contributed by atoms with Crippen molar-refractivity contribution in [3.63, 3.8) is 0 Å². The monoisotopic (exact) mass is 257 g/mol. The Labute approximate surface area is 100 Å². The van der Waals surface area contributed by atoms with Gasteiger partial charge in [0.2, 0.25) is 5.78 Å². The predicted molar refractivity (Wildman–Crippen MR) is 62.0 cm³/mol. The third kappa shape index (κ3) is 2.04. The lowest BCUT2D eigenvalue weighted by Crippen LogP contribution is -2.00. The van der Waals surface area contributed by atoms with Crippen LogP contribution in [0.4, 0.5) is 0 Å². The SMILES string of the molecule is O=C(c1ccncc1Cl)c1sccc1Cl. The van der Waals surface area contributed by atoms with Crippen molar-refractivity contribution < 1.29 is 4.79 Å². The molecule has 2 heterocycles. The molecule has 0 amide bonds. The largest absolute Gasteiger partial charge is 0.288 e. The zero-order valence-electron chi connectivity index (χ0n) is 7.41. The zero-order chi connectivity index (χ0) is 10.8. The van der Waals surface area contributed by atoms with Crippen LogP contribution in [0.25, 0.3) is 0 Å². The molecule has 0 N–H and O–H groups in total. The van der Waals surface area contributed by atoms with Gasteiger partial charge in [0.05, 0.1) is 14.9 Å². The molecule has 0 radical (unpaired) electrons. The summed E-state index contributed by atoms with van der Waals surface area (Å²) in [6.45, 7) is 0. The number of rotatable bonds is 2. The first-order valence-corrected chi connectivity index (χ1v) is 5.71. The first-order valence-electron chi connectivity index (χ1n) is 4.07. The molecule has 2 rings (SSSR count). The highest BCUT2D eigenvalue weighted by Gasteiger charge is 2.16. The second-order valence-electron chi connectivity index (χ2n) is 2.78. The second-order valence-corrected chi connectivity index (χ2v) is 4.51. The molecule has 0 fully saturated rings. The minimum absolute atomic E-state index is 0.164. The highest BCUT2D eigenvalue weighted by atomic mass is 35.5. The highest BCUT2D eigenvalue weighted by Crippen LogP contribution is 2.27. The van der Waals surface area contributed by atoms with E-state index in [2.05, 4.69) is 4.98 Å². The standard InChI is InChI=1S/C10H5Cl2NOS/c11-7-2-4-15-10(7)9(14)6-1-3-13-5-8(6)12/h1-5H. The van der Waals surface area contributed by atoms with Crippen LogP contribution in [-0.2, 0) is 0 Å². The number of carbonyl (C=O) groups is 1. The van der Waals surface area contributed by atoms with E-state index < -0.39 is 0 Å². The number of hydrogen-bond donors (Lipinski definition) is 0. The van der Waals surface area contributed by atoms with Gasteiger partial charge >= 0.3 is 0 Å². The Balaban J connectivity index is 2.46. The van der Waals surface area contributed by atoms with Crippen LogP contribution in [-0.4, -0.2) is 10.8 Å². The second kappa shape index (κ2) is 4.31. The fraction of sp³-hybridized carbons (Fsp3) is 0. The number of nitrogens with zero attached hydrogens (tertiary/aromatic N) is 1. The highest BCUT2D eigenvalue weighted by molar-refractivity contribution is 7.13. The summed E-state index contributed by atoms with van der Waals surface area (Å²) in [7, 11) is 0. The van der Waals surface area contributed by atoms with E-state index in [-0.39, 0.29) is 5.78 Å². The summed E-state index contributed by atoms with van der Waals surface area (Å²) in [5, 5.41) is 2.56. The summed E-state index contributed by atoms with van der Waals surface area (Å²) >= 11 is 13.0. The Morgan fingerprint density at radius 3 is 2.67 bits per heavy atom. The summed E-state index contributed by atoms with van der Waals surface area (Å²) in [6.07, 6.45) is 2.97. The van der Waals surface area contributed by atoms with Crippen molar-refractivity contribution >= 4 is 40.3 Å². The smallest absolute Gasteiger partial charge is 0.206 e. The molecular weight excluding hydrogens is 253 g/mol. The minimum atomic E-state index is -0.164.